The number of carbonyl (C=O) groups is 1. The van der Waals surface area contributed by atoms with Gasteiger partial charge in [-0.2, -0.15) is 0 Å². The number of aliphatic imine (C=N–C) groups is 1. The first-order chi connectivity index (χ1) is 10.9. The molecular formula is C18H18N2O2S. The molecule has 0 unspecified atom stereocenters. The van der Waals surface area contributed by atoms with E-state index in [4.69, 9.17) is 4.42 Å². The molecular weight excluding hydrogens is 308 g/mol. The van der Waals surface area contributed by atoms with Crippen LogP contribution in [-0.2, 0) is 4.79 Å². The van der Waals surface area contributed by atoms with Gasteiger partial charge in [0.25, 0.3) is 5.91 Å². The minimum absolute atomic E-state index is 0.128. The predicted octanol–water partition coefficient (Wildman–Crippen LogP) is 4.40. The molecule has 1 saturated heterocycles. The topological polar surface area (TPSA) is 54.6 Å². The van der Waals surface area contributed by atoms with Crippen LogP contribution in [0, 0.1) is 27.7 Å². The third-order valence-corrected chi connectivity index (χ3v) is 4.36. The molecule has 118 valence electrons. The van der Waals surface area contributed by atoms with Crippen LogP contribution in [0.5, 0.6) is 0 Å². The normalized spacial score (nSPS) is 18.0. The molecule has 0 atom stereocenters. The average molecular weight is 326 g/mol. The highest BCUT2D eigenvalue weighted by Gasteiger charge is 2.24. The number of carbonyl (C=O) groups excluding carboxylic acids is 1. The number of hydrogen-bond acceptors (Lipinski definition) is 4. The van der Waals surface area contributed by atoms with E-state index in [-0.39, 0.29) is 5.91 Å². The molecule has 0 radical (unpaired) electrons. The largest absolute Gasteiger partial charge is 0.466 e. The third kappa shape index (κ3) is 3.56. The molecule has 0 aliphatic carbocycles. The molecule has 1 amide bonds. The van der Waals surface area contributed by atoms with Gasteiger partial charge in [-0.3, -0.25) is 4.79 Å². The maximum absolute atomic E-state index is 12.1. The summed E-state index contributed by atoms with van der Waals surface area (Å²) in [6, 6.07) is 8.02. The van der Waals surface area contributed by atoms with Crippen molar-refractivity contribution in [2.75, 3.05) is 0 Å². The van der Waals surface area contributed by atoms with Crippen molar-refractivity contribution in [2.45, 2.75) is 27.7 Å². The summed E-state index contributed by atoms with van der Waals surface area (Å²) in [6.07, 6.45) is 1.84. The molecule has 5 heteroatoms. The molecule has 1 fully saturated rings. The van der Waals surface area contributed by atoms with Crippen molar-refractivity contribution >= 4 is 34.6 Å². The van der Waals surface area contributed by atoms with Crippen LogP contribution in [0.3, 0.4) is 0 Å². The van der Waals surface area contributed by atoms with E-state index < -0.39 is 0 Å². The van der Waals surface area contributed by atoms with Gasteiger partial charge in [0.2, 0.25) is 0 Å². The zero-order valence-corrected chi connectivity index (χ0v) is 14.4. The van der Waals surface area contributed by atoms with E-state index in [0.29, 0.717) is 10.1 Å². The van der Waals surface area contributed by atoms with Crippen LogP contribution >= 0.6 is 11.8 Å². The summed E-state index contributed by atoms with van der Waals surface area (Å²) in [5, 5.41) is 3.41. The number of aryl methyl sites for hydroxylation is 4. The van der Waals surface area contributed by atoms with Crippen LogP contribution in [0.15, 0.2) is 38.6 Å². The van der Waals surface area contributed by atoms with Gasteiger partial charge in [0, 0.05) is 5.56 Å². The monoisotopic (exact) mass is 326 g/mol. The quantitative estimate of drug-likeness (QED) is 0.832. The second kappa shape index (κ2) is 6.08. The summed E-state index contributed by atoms with van der Waals surface area (Å²) in [5.41, 5.74) is 4.08. The molecule has 0 spiro atoms. The zero-order valence-electron chi connectivity index (χ0n) is 13.6. The standard InChI is InChI=1S/C18H18N2O2S/c1-10-5-11(2)7-15(6-10)19-18-20-17(21)16(23-18)9-14-8-12(3)22-13(14)4/h5-9H,1-4H3,(H,19,20,21)/b16-9-. The Kier molecular flexibility index (Phi) is 4.13. The highest BCUT2D eigenvalue weighted by atomic mass is 32.2. The zero-order chi connectivity index (χ0) is 16.6. The summed E-state index contributed by atoms with van der Waals surface area (Å²) < 4.78 is 5.49. The highest BCUT2D eigenvalue weighted by Crippen LogP contribution is 2.29. The first-order valence-corrected chi connectivity index (χ1v) is 8.17. The van der Waals surface area contributed by atoms with Gasteiger partial charge in [-0.1, -0.05) is 6.07 Å². The maximum Gasteiger partial charge on any atom is 0.264 e. The molecule has 1 aromatic carbocycles. The van der Waals surface area contributed by atoms with Gasteiger partial charge in [0.05, 0.1) is 10.6 Å². The Bertz CT molecular complexity index is 826. The second-order valence-electron chi connectivity index (χ2n) is 5.70. The molecule has 3 rings (SSSR count). The van der Waals surface area contributed by atoms with Gasteiger partial charge < -0.3 is 9.73 Å². The van der Waals surface area contributed by atoms with Gasteiger partial charge in [-0.15, -0.1) is 0 Å². The lowest BCUT2D eigenvalue weighted by Gasteiger charge is -2.00. The number of benzene rings is 1. The number of nitrogens with zero attached hydrogens (tertiary/aromatic N) is 1. The molecule has 1 N–H and O–H groups in total. The van der Waals surface area contributed by atoms with E-state index in [2.05, 4.69) is 16.4 Å². The van der Waals surface area contributed by atoms with Crippen LogP contribution in [-0.4, -0.2) is 11.1 Å². The van der Waals surface area contributed by atoms with Crippen LogP contribution < -0.4 is 5.32 Å². The Balaban J connectivity index is 1.87. The van der Waals surface area contributed by atoms with Crippen molar-refractivity contribution in [2.24, 2.45) is 4.99 Å². The number of amides is 1. The number of thioether (sulfide) groups is 1. The second-order valence-corrected chi connectivity index (χ2v) is 6.73. The average Bonchev–Trinajstić information content (AvgIpc) is 2.92. The molecule has 1 aliphatic heterocycles. The fraction of sp³-hybridized carbons (Fsp3) is 0.222. The van der Waals surface area contributed by atoms with Crippen molar-refractivity contribution in [3.63, 3.8) is 0 Å². The molecule has 0 saturated carbocycles. The van der Waals surface area contributed by atoms with Crippen molar-refractivity contribution in [3.05, 3.63) is 57.4 Å². The fourth-order valence-electron chi connectivity index (χ4n) is 2.55. The molecule has 2 aromatic rings. The lowest BCUT2D eigenvalue weighted by molar-refractivity contribution is -0.115. The van der Waals surface area contributed by atoms with E-state index in [1.165, 1.54) is 11.8 Å². The van der Waals surface area contributed by atoms with Crippen molar-refractivity contribution in [3.8, 4) is 0 Å². The van der Waals surface area contributed by atoms with Gasteiger partial charge in [0.15, 0.2) is 5.17 Å². The van der Waals surface area contributed by atoms with Crippen molar-refractivity contribution in [1.82, 2.24) is 5.32 Å². The Morgan fingerprint density at radius 1 is 1.09 bits per heavy atom. The SMILES string of the molecule is Cc1cc(C)cc(N=C2NC(=O)/C(=C/c3cc(C)oc3C)S2)c1. The van der Waals surface area contributed by atoms with Crippen LogP contribution in [0.2, 0.25) is 0 Å². The Labute approximate surface area is 139 Å². The summed E-state index contributed by atoms with van der Waals surface area (Å²) in [6.45, 7) is 7.85. The molecule has 4 nitrogen and oxygen atoms in total. The van der Waals surface area contributed by atoms with Crippen LogP contribution in [0.25, 0.3) is 6.08 Å². The van der Waals surface area contributed by atoms with Gasteiger partial charge in [-0.05, 0) is 74.9 Å². The third-order valence-electron chi connectivity index (χ3n) is 3.45. The minimum atomic E-state index is -0.128. The number of hydrogen-bond donors (Lipinski definition) is 1. The van der Waals surface area contributed by atoms with Crippen molar-refractivity contribution in [1.29, 1.82) is 0 Å². The molecule has 1 aliphatic rings. The molecule has 1 aromatic heterocycles. The maximum atomic E-state index is 12.1. The van der Waals surface area contributed by atoms with E-state index in [1.54, 1.807) is 0 Å². The summed E-state index contributed by atoms with van der Waals surface area (Å²) in [7, 11) is 0. The summed E-state index contributed by atoms with van der Waals surface area (Å²) >= 11 is 1.35. The van der Waals surface area contributed by atoms with E-state index in [9.17, 15) is 4.79 Å². The molecule has 2 heterocycles. The van der Waals surface area contributed by atoms with E-state index >= 15 is 0 Å². The number of furan rings is 1. The summed E-state index contributed by atoms with van der Waals surface area (Å²) in [5.74, 6) is 1.52. The first-order valence-electron chi connectivity index (χ1n) is 7.35. The lowest BCUT2D eigenvalue weighted by atomic mass is 10.1. The molecule has 0 bridgehead atoms. The van der Waals surface area contributed by atoms with E-state index in [1.807, 2.05) is 52.0 Å². The number of rotatable bonds is 2. The van der Waals surface area contributed by atoms with Gasteiger partial charge in [-0.25, -0.2) is 4.99 Å². The Hall–Kier alpha value is -2.27. The summed E-state index contributed by atoms with van der Waals surface area (Å²) in [4.78, 5) is 17.3. The van der Waals surface area contributed by atoms with Gasteiger partial charge >= 0.3 is 0 Å². The fourth-order valence-corrected chi connectivity index (χ4v) is 3.38. The lowest BCUT2D eigenvalue weighted by Crippen LogP contribution is -2.19. The highest BCUT2D eigenvalue weighted by molar-refractivity contribution is 8.18. The Morgan fingerprint density at radius 3 is 2.39 bits per heavy atom. The Morgan fingerprint density at radius 2 is 1.78 bits per heavy atom. The van der Waals surface area contributed by atoms with Crippen molar-refractivity contribution < 1.29 is 9.21 Å². The first kappa shape index (κ1) is 15.6. The van der Waals surface area contributed by atoms with Gasteiger partial charge in [0.1, 0.15) is 11.5 Å². The van der Waals surface area contributed by atoms with E-state index in [0.717, 1.165) is 33.9 Å². The van der Waals surface area contributed by atoms with Crippen LogP contribution in [0.1, 0.15) is 28.2 Å². The van der Waals surface area contributed by atoms with Crippen LogP contribution in [0.4, 0.5) is 5.69 Å². The number of amidine groups is 1. The minimum Gasteiger partial charge on any atom is -0.466 e. The smallest absolute Gasteiger partial charge is 0.264 e. The molecule has 23 heavy (non-hydrogen) atoms. The predicted molar refractivity (Wildman–Crippen MR) is 94.9 cm³/mol. The number of nitrogens with one attached hydrogen (secondary N) is 1.